The normalized spacial score (nSPS) is 20.4. The van der Waals surface area contributed by atoms with Crippen LogP contribution in [-0.2, 0) is 0 Å². The molecule has 2 aliphatic heterocycles. The van der Waals surface area contributed by atoms with E-state index in [2.05, 4.69) is 15.2 Å². The highest BCUT2D eigenvalue weighted by Crippen LogP contribution is 2.34. The van der Waals surface area contributed by atoms with Crippen LogP contribution in [0.5, 0.6) is 0 Å². The zero-order valence-corrected chi connectivity index (χ0v) is 16.7. The Labute approximate surface area is 177 Å². The SMILES string of the molecule is Fc1ccc(Cl)cc1-c1nc2ccc(N3CC4CC3CN4)nc2n1-c1ccncc1. The summed E-state index contributed by atoms with van der Waals surface area (Å²) >= 11 is 6.17. The molecule has 6 nitrogen and oxygen atoms in total. The minimum atomic E-state index is -0.381. The molecule has 2 aliphatic rings. The summed E-state index contributed by atoms with van der Waals surface area (Å²) in [6, 6.07) is 13.2. The predicted molar refractivity (Wildman–Crippen MR) is 115 cm³/mol. The zero-order valence-electron chi connectivity index (χ0n) is 16.0. The molecular weight excluding hydrogens is 403 g/mol. The number of nitrogens with one attached hydrogen (secondary N) is 1. The van der Waals surface area contributed by atoms with E-state index in [1.807, 2.05) is 28.8 Å². The molecule has 2 bridgehead atoms. The average Bonchev–Trinajstić information content (AvgIpc) is 3.49. The number of hydrogen-bond acceptors (Lipinski definition) is 5. The number of fused-ring (bicyclic) bond motifs is 3. The Morgan fingerprint density at radius 1 is 1.07 bits per heavy atom. The summed E-state index contributed by atoms with van der Waals surface area (Å²) in [5.41, 5.74) is 2.54. The number of rotatable bonds is 3. The van der Waals surface area contributed by atoms with Crippen molar-refractivity contribution < 1.29 is 4.39 Å². The lowest BCUT2D eigenvalue weighted by Crippen LogP contribution is -2.44. The van der Waals surface area contributed by atoms with E-state index in [9.17, 15) is 4.39 Å². The molecule has 1 aromatic carbocycles. The molecule has 0 spiro atoms. The Hall–Kier alpha value is -3.03. The van der Waals surface area contributed by atoms with Gasteiger partial charge < -0.3 is 10.2 Å². The topological polar surface area (TPSA) is 58.9 Å². The van der Waals surface area contributed by atoms with E-state index >= 15 is 0 Å². The van der Waals surface area contributed by atoms with E-state index in [4.69, 9.17) is 21.6 Å². The number of piperazine rings is 1. The highest BCUT2D eigenvalue weighted by atomic mass is 35.5. The van der Waals surface area contributed by atoms with Gasteiger partial charge in [0, 0.05) is 42.6 Å². The van der Waals surface area contributed by atoms with Crippen LogP contribution in [0, 0.1) is 5.82 Å². The van der Waals surface area contributed by atoms with E-state index < -0.39 is 0 Å². The second-order valence-electron chi connectivity index (χ2n) is 7.76. The van der Waals surface area contributed by atoms with Crippen molar-refractivity contribution >= 4 is 28.6 Å². The first kappa shape index (κ1) is 17.8. The standard InChI is InChI=1S/C22H18ClFN6/c23-13-1-2-18(24)17(9-13)21-27-19-3-4-20(29-12-14-10-16(29)11-26-14)28-22(19)30(21)15-5-7-25-8-6-15/h1-9,14,16,26H,10-12H2. The number of benzene rings is 1. The minimum absolute atomic E-state index is 0.336. The lowest BCUT2D eigenvalue weighted by molar-refractivity contribution is 0.577. The first-order chi connectivity index (χ1) is 14.7. The van der Waals surface area contributed by atoms with Crippen LogP contribution in [0.3, 0.4) is 0 Å². The van der Waals surface area contributed by atoms with Crippen molar-refractivity contribution in [2.75, 3.05) is 18.0 Å². The van der Waals surface area contributed by atoms with Crippen molar-refractivity contribution in [3.05, 3.63) is 65.7 Å². The maximum Gasteiger partial charge on any atom is 0.167 e. The molecule has 30 heavy (non-hydrogen) atoms. The van der Waals surface area contributed by atoms with Gasteiger partial charge in [0.1, 0.15) is 23.0 Å². The van der Waals surface area contributed by atoms with Gasteiger partial charge >= 0.3 is 0 Å². The number of nitrogens with zero attached hydrogens (tertiary/aromatic N) is 5. The molecule has 2 fully saturated rings. The van der Waals surface area contributed by atoms with Crippen LogP contribution < -0.4 is 10.2 Å². The van der Waals surface area contributed by atoms with Gasteiger partial charge in [-0.05, 0) is 48.9 Å². The van der Waals surface area contributed by atoms with E-state index in [0.29, 0.717) is 39.7 Å². The van der Waals surface area contributed by atoms with Crippen LogP contribution in [0.25, 0.3) is 28.2 Å². The van der Waals surface area contributed by atoms with Gasteiger partial charge in [0.25, 0.3) is 0 Å². The number of hydrogen-bond donors (Lipinski definition) is 1. The van der Waals surface area contributed by atoms with E-state index in [-0.39, 0.29) is 5.82 Å². The van der Waals surface area contributed by atoms with Crippen LogP contribution in [0.2, 0.25) is 5.02 Å². The molecule has 5 heterocycles. The monoisotopic (exact) mass is 420 g/mol. The number of imidazole rings is 1. The van der Waals surface area contributed by atoms with Crippen molar-refractivity contribution in [2.45, 2.75) is 18.5 Å². The van der Waals surface area contributed by atoms with Gasteiger partial charge in [0.15, 0.2) is 5.65 Å². The first-order valence-corrected chi connectivity index (χ1v) is 10.3. The van der Waals surface area contributed by atoms with Crippen molar-refractivity contribution in [3.63, 3.8) is 0 Å². The average molecular weight is 421 g/mol. The molecule has 2 saturated heterocycles. The molecule has 4 aromatic rings. The number of anilines is 1. The third-order valence-electron chi connectivity index (χ3n) is 5.93. The number of pyridine rings is 2. The summed E-state index contributed by atoms with van der Waals surface area (Å²) in [5, 5.41) is 3.97. The Morgan fingerprint density at radius 3 is 2.70 bits per heavy atom. The van der Waals surface area contributed by atoms with Gasteiger partial charge in [-0.25, -0.2) is 14.4 Å². The molecule has 1 N–H and O–H groups in total. The summed E-state index contributed by atoms with van der Waals surface area (Å²) in [7, 11) is 0. The van der Waals surface area contributed by atoms with Crippen LogP contribution in [-0.4, -0.2) is 44.7 Å². The van der Waals surface area contributed by atoms with Gasteiger partial charge in [0.05, 0.1) is 11.3 Å². The summed E-state index contributed by atoms with van der Waals surface area (Å²) < 4.78 is 16.6. The fraction of sp³-hybridized carbons (Fsp3) is 0.227. The minimum Gasteiger partial charge on any atom is -0.351 e. The summed E-state index contributed by atoms with van der Waals surface area (Å²) in [5.74, 6) is 1.00. The van der Waals surface area contributed by atoms with Gasteiger partial charge in [-0.1, -0.05) is 11.6 Å². The van der Waals surface area contributed by atoms with E-state index in [1.54, 1.807) is 18.5 Å². The Kier molecular flexibility index (Phi) is 4.01. The van der Waals surface area contributed by atoms with Gasteiger partial charge in [0.2, 0.25) is 0 Å². The lowest BCUT2D eigenvalue weighted by Gasteiger charge is -2.28. The Balaban J connectivity index is 1.58. The Morgan fingerprint density at radius 2 is 1.93 bits per heavy atom. The molecule has 0 amide bonds. The van der Waals surface area contributed by atoms with Crippen molar-refractivity contribution in [2.24, 2.45) is 0 Å². The quantitative estimate of drug-likeness (QED) is 0.546. The highest BCUT2D eigenvalue weighted by Gasteiger charge is 2.38. The zero-order chi connectivity index (χ0) is 20.2. The summed E-state index contributed by atoms with van der Waals surface area (Å²) in [6.45, 7) is 1.93. The van der Waals surface area contributed by atoms with Crippen LogP contribution in [0.15, 0.2) is 54.9 Å². The number of aromatic nitrogens is 4. The molecule has 2 unspecified atom stereocenters. The summed E-state index contributed by atoms with van der Waals surface area (Å²) in [6.07, 6.45) is 4.55. The molecular formula is C22H18ClFN6. The maximum absolute atomic E-state index is 14.7. The first-order valence-electron chi connectivity index (χ1n) is 9.93. The third kappa shape index (κ3) is 2.77. The van der Waals surface area contributed by atoms with Crippen LogP contribution in [0.4, 0.5) is 10.2 Å². The predicted octanol–water partition coefficient (Wildman–Crippen LogP) is 3.83. The van der Waals surface area contributed by atoms with Crippen molar-refractivity contribution in [3.8, 4) is 17.1 Å². The molecule has 8 heteroatoms. The van der Waals surface area contributed by atoms with E-state index in [1.165, 1.54) is 12.1 Å². The molecule has 150 valence electrons. The lowest BCUT2D eigenvalue weighted by atomic mass is 10.2. The Bertz CT molecular complexity index is 1260. The van der Waals surface area contributed by atoms with Crippen LogP contribution in [0.1, 0.15) is 6.42 Å². The second kappa shape index (κ2) is 6.75. The largest absolute Gasteiger partial charge is 0.351 e. The molecule has 2 atom stereocenters. The van der Waals surface area contributed by atoms with Gasteiger partial charge in [-0.3, -0.25) is 9.55 Å². The maximum atomic E-state index is 14.7. The van der Waals surface area contributed by atoms with Crippen LogP contribution >= 0.6 is 11.6 Å². The van der Waals surface area contributed by atoms with Crippen molar-refractivity contribution in [1.29, 1.82) is 0 Å². The molecule has 6 rings (SSSR count). The second-order valence-corrected chi connectivity index (χ2v) is 8.20. The molecule has 3 aromatic heterocycles. The molecule has 0 radical (unpaired) electrons. The van der Waals surface area contributed by atoms with E-state index in [0.717, 1.165) is 31.0 Å². The van der Waals surface area contributed by atoms with Crippen molar-refractivity contribution in [1.82, 2.24) is 24.8 Å². The highest BCUT2D eigenvalue weighted by molar-refractivity contribution is 6.30. The molecule has 0 aliphatic carbocycles. The third-order valence-corrected chi connectivity index (χ3v) is 6.17. The fourth-order valence-electron chi connectivity index (χ4n) is 4.54. The molecule has 0 saturated carbocycles. The smallest absolute Gasteiger partial charge is 0.167 e. The fourth-order valence-corrected chi connectivity index (χ4v) is 4.71. The van der Waals surface area contributed by atoms with Gasteiger partial charge in [-0.15, -0.1) is 0 Å². The number of halogens is 2. The van der Waals surface area contributed by atoms with Gasteiger partial charge in [-0.2, -0.15) is 0 Å². The summed E-state index contributed by atoms with van der Waals surface area (Å²) in [4.78, 5) is 16.2.